The number of fused-ring (bicyclic) bond motifs is 1. The van der Waals surface area contributed by atoms with Crippen LogP contribution in [0.2, 0.25) is 5.02 Å². The predicted molar refractivity (Wildman–Crippen MR) is 91.7 cm³/mol. The van der Waals surface area contributed by atoms with Crippen LogP contribution in [0.4, 0.5) is 0 Å². The maximum absolute atomic E-state index is 5.94. The van der Waals surface area contributed by atoms with Gasteiger partial charge in [-0.05, 0) is 25.0 Å². The van der Waals surface area contributed by atoms with Gasteiger partial charge in [0.05, 0.1) is 17.3 Å². The predicted octanol–water partition coefficient (Wildman–Crippen LogP) is 2.51. The maximum atomic E-state index is 5.94. The molecule has 2 N–H and O–H groups in total. The summed E-state index contributed by atoms with van der Waals surface area (Å²) in [7, 11) is 1.99. The van der Waals surface area contributed by atoms with Gasteiger partial charge >= 0.3 is 0 Å². The zero-order chi connectivity index (χ0) is 13.4. The van der Waals surface area contributed by atoms with Crippen molar-refractivity contribution in [1.29, 1.82) is 0 Å². The van der Waals surface area contributed by atoms with Gasteiger partial charge in [0, 0.05) is 25.5 Å². The van der Waals surface area contributed by atoms with Gasteiger partial charge in [-0.2, -0.15) is 0 Å². The highest BCUT2D eigenvalue weighted by Gasteiger charge is 2.27. The van der Waals surface area contributed by atoms with Crippen LogP contribution in [-0.2, 0) is 6.54 Å². The van der Waals surface area contributed by atoms with Crippen LogP contribution in [0, 0.1) is 0 Å². The molecule has 0 amide bonds. The van der Waals surface area contributed by atoms with Crippen molar-refractivity contribution in [3.8, 4) is 0 Å². The molecule has 0 bridgehead atoms. The Morgan fingerprint density at radius 1 is 1.50 bits per heavy atom. The Balaban J connectivity index is 0.00000147. The van der Waals surface area contributed by atoms with Crippen molar-refractivity contribution in [3.05, 3.63) is 35.2 Å². The highest BCUT2D eigenvalue weighted by Crippen LogP contribution is 2.24. The number of halogens is 2. The van der Waals surface area contributed by atoms with Gasteiger partial charge in [-0.15, -0.1) is 24.0 Å². The van der Waals surface area contributed by atoms with E-state index < -0.39 is 0 Å². The van der Waals surface area contributed by atoms with Crippen molar-refractivity contribution >= 4 is 47.2 Å². The molecule has 0 radical (unpaired) electrons. The molecule has 0 aromatic carbocycles. The fourth-order valence-corrected chi connectivity index (χ4v) is 2.18. The van der Waals surface area contributed by atoms with E-state index in [1.54, 1.807) is 0 Å². The molecule has 3 rings (SSSR count). The second-order valence-electron chi connectivity index (χ2n) is 4.86. The van der Waals surface area contributed by atoms with E-state index in [4.69, 9.17) is 17.3 Å². The first-order chi connectivity index (χ1) is 9.13. The number of pyridine rings is 1. The van der Waals surface area contributed by atoms with E-state index >= 15 is 0 Å². The molecule has 108 valence electrons. The minimum atomic E-state index is 0. The Kier molecular flexibility index (Phi) is 4.74. The molecule has 7 heteroatoms. The van der Waals surface area contributed by atoms with Gasteiger partial charge < -0.3 is 15.0 Å². The Labute approximate surface area is 139 Å². The Hall–Kier alpha value is -1.02. The van der Waals surface area contributed by atoms with Crippen molar-refractivity contribution in [2.24, 2.45) is 10.7 Å². The van der Waals surface area contributed by atoms with Crippen LogP contribution in [0.15, 0.2) is 29.5 Å². The fraction of sp³-hybridized carbons (Fsp3) is 0.385. The number of hydrogen-bond acceptors (Lipinski definition) is 2. The first-order valence-electron chi connectivity index (χ1n) is 6.29. The molecule has 2 aromatic rings. The van der Waals surface area contributed by atoms with Crippen LogP contribution in [-0.4, -0.2) is 33.3 Å². The summed E-state index contributed by atoms with van der Waals surface area (Å²) in [5.74, 6) is 0.581. The molecule has 1 aliphatic rings. The molecular formula is C13H17ClIN5. The maximum Gasteiger partial charge on any atom is 0.191 e. The van der Waals surface area contributed by atoms with Crippen molar-refractivity contribution in [1.82, 2.24) is 14.3 Å². The summed E-state index contributed by atoms with van der Waals surface area (Å²) in [5.41, 5.74) is 7.69. The van der Waals surface area contributed by atoms with E-state index in [0.29, 0.717) is 23.6 Å². The zero-order valence-corrected chi connectivity index (χ0v) is 14.2. The first kappa shape index (κ1) is 15.4. The minimum absolute atomic E-state index is 0. The minimum Gasteiger partial charge on any atom is -0.370 e. The molecule has 1 saturated carbocycles. The van der Waals surface area contributed by atoms with E-state index in [0.717, 1.165) is 11.3 Å². The third-order valence-corrected chi connectivity index (χ3v) is 3.55. The highest BCUT2D eigenvalue weighted by atomic mass is 127. The third-order valence-electron chi connectivity index (χ3n) is 3.32. The van der Waals surface area contributed by atoms with Crippen molar-refractivity contribution in [2.75, 3.05) is 7.05 Å². The molecule has 1 aliphatic carbocycles. The first-order valence-corrected chi connectivity index (χ1v) is 6.67. The van der Waals surface area contributed by atoms with Crippen molar-refractivity contribution in [3.63, 3.8) is 0 Å². The molecule has 0 spiro atoms. The summed E-state index contributed by atoms with van der Waals surface area (Å²) >= 11 is 5.94. The number of rotatable bonds is 3. The van der Waals surface area contributed by atoms with Gasteiger partial charge in [-0.25, -0.2) is 9.98 Å². The van der Waals surface area contributed by atoms with Gasteiger partial charge in [-0.3, -0.25) is 0 Å². The molecule has 0 saturated heterocycles. The van der Waals surface area contributed by atoms with Crippen LogP contribution in [0.1, 0.15) is 18.5 Å². The lowest BCUT2D eigenvalue weighted by atomic mass is 10.5. The molecule has 2 heterocycles. The average Bonchev–Trinajstić information content (AvgIpc) is 3.16. The molecule has 20 heavy (non-hydrogen) atoms. The molecule has 0 unspecified atom stereocenters. The standard InChI is InChI=1S/C13H16ClN5.HI/c1-18(11-3-4-11)13(15)16-6-10-8-19-7-9(14)2-5-12(19)17-10;/h2,5,7-8,11H,3-4,6H2,1H3,(H2,15,16);1H. The quantitative estimate of drug-likeness (QED) is 0.485. The number of nitrogens with zero attached hydrogens (tertiary/aromatic N) is 4. The lowest BCUT2D eigenvalue weighted by molar-refractivity contribution is 0.487. The van der Waals surface area contributed by atoms with Gasteiger partial charge in [0.15, 0.2) is 5.96 Å². The molecule has 1 fully saturated rings. The van der Waals surface area contributed by atoms with E-state index in [9.17, 15) is 0 Å². The zero-order valence-electron chi connectivity index (χ0n) is 11.2. The number of guanidine groups is 1. The smallest absolute Gasteiger partial charge is 0.191 e. The molecule has 5 nitrogen and oxygen atoms in total. The molecule has 0 aliphatic heterocycles. The Morgan fingerprint density at radius 2 is 2.25 bits per heavy atom. The van der Waals surface area contributed by atoms with Crippen molar-refractivity contribution < 1.29 is 0 Å². The van der Waals surface area contributed by atoms with Crippen LogP contribution in [0.3, 0.4) is 0 Å². The van der Waals surface area contributed by atoms with Gasteiger partial charge in [0.25, 0.3) is 0 Å². The normalized spacial score (nSPS) is 15.2. The lowest BCUT2D eigenvalue weighted by Gasteiger charge is -2.16. The average molecular weight is 406 g/mol. The van der Waals surface area contributed by atoms with Gasteiger partial charge in [0.2, 0.25) is 0 Å². The number of aliphatic imine (C=N–C) groups is 1. The fourth-order valence-electron chi connectivity index (χ4n) is 2.02. The topological polar surface area (TPSA) is 58.9 Å². The summed E-state index contributed by atoms with van der Waals surface area (Å²) in [4.78, 5) is 10.9. The Morgan fingerprint density at radius 3 is 2.95 bits per heavy atom. The summed E-state index contributed by atoms with van der Waals surface area (Å²) in [6.07, 6.45) is 6.17. The monoisotopic (exact) mass is 405 g/mol. The highest BCUT2D eigenvalue weighted by molar-refractivity contribution is 14.0. The number of imidazole rings is 1. The second-order valence-corrected chi connectivity index (χ2v) is 5.30. The van der Waals surface area contributed by atoms with E-state index in [2.05, 4.69) is 9.98 Å². The molecule has 0 atom stereocenters. The van der Waals surface area contributed by atoms with E-state index in [1.807, 2.05) is 40.9 Å². The van der Waals surface area contributed by atoms with Crippen LogP contribution < -0.4 is 5.73 Å². The van der Waals surface area contributed by atoms with Crippen LogP contribution in [0.25, 0.3) is 5.65 Å². The number of nitrogens with two attached hydrogens (primary N) is 1. The SMILES string of the molecule is CN(C(N)=NCc1cn2cc(Cl)ccc2n1)C1CC1.I. The molecule has 2 aromatic heterocycles. The van der Waals surface area contributed by atoms with Gasteiger partial charge in [0.1, 0.15) is 5.65 Å². The van der Waals surface area contributed by atoms with E-state index in [1.165, 1.54) is 12.8 Å². The summed E-state index contributed by atoms with van der Waals surface area (Å²) in [6.45, 7) is 0.488. The Bertz CT molecular complexity index is 635. The number of hydrogen-bond donors (Lipinski definition) is 1. The summed E-state index contributed by atoms with van der Waals surface area (Å²) in [6, 6.07) is 4.28. The van der Waals surface area contributed by atoms with E-state index in [-0.39, 0.29) is 24.0 Å². The lowest BCUT2D eigenvalue weighted by Crippen LogP contribution is -2.35. The van der Waals surface area contributed by atoms with Gasteiger partial charge in [-0.1, -0.05) is 11.6 Å². The largest absolute Gasteiger partial charge is 0.370 e. The van der Waals surface area contributed by atoms with Crippen LogP contribution >= 0.6 is 35.6 Å². The third kappa shape index (κ3) is 3.35. The molecular weight excluding hydrogens is 389 g/mol. The second kappa shape index (κ2) is 6.17. The summed E-state index contributed by atoms with van der Waals surface area (Å²) < 4.78 is 1.90. The van der Waals surface area contributed by atoms with Crippen molar-refractivity contribution in [2.45, 2.75) is 25.4 Å². The number of aromatic nitrogens is 2. The van der Waals surface area contributed by atoms with Crippen LogP contribution in [0.5, 0.6) is 0 Å². The summed E-state index contributed by atoms with van der Waals surface area (Å²) in [5, 5.41) is 0.688.